The summed E-state index contributed by atoms with van der Waals surface area (Å²) in [7, 11) is 3.30. The zero-order valence-electron chi connectivity index (χ0n) is 14.1. The standard InChI is InChI=1S/C13H12Br.C4H10O2.3ClH.Zr/c1-8-5-10-7-9-3-2-4-11(9)13(14)12(10)6-8;1-5-3-4-6-2;;;;/h5-7H,2-4H2,1H3;3-4H2,1-2H3;3*1H;/q-1;;;;;+4/p-3. The van der Waals surface area contributed by atoms with E-state index in [2.05, 4.69) is 50.5 Å². The van der Waals surface area contributed by atoms with E-state index in [1.807, 2.05) is 0 Å². The first-order chi connectivity index (χ1) is 9.67. The third-order valence-electron chi connectivity index (χ3n) is 3.65. The van der Waals surface area contributed by atoms with Crippen molar-refractivity contribution in [2.75, 3.05) is 27.4 Å². The minimum absolute atomic E-state index is 0. The molecule has 0 aliphatic heterocycles. The van der Waals surface area contributed by atoms with Gasteiger partial charge in [-0.2, -0.15) is 6.07 Å². The van der Waals surface area contributed by atoms with E-state index >= 15 is 0 Å². The summed E-state index contributed by atoms with van der Waals surface area (Å²) >= 11 is 3.75. The van der Waals surface area contributed by atoms with Crippen LogP contribution >= 0.6 is 15.9 Å². The summed E-state index contributed by atoms with van der Waals surface area (Å²) in [5, 5.41) is 2.79. The predicted molar refractivity (Wildman–Crippen MR) is 87.8 cm³/mol. The van der Waals surface area contributed by atoms with Gasteiger partial charge in [0, 0.05) is 14.2 Å². The fraction of sp³-hybridized carbons (Fsp3) is 0.471. The molecule has 0 spiro atoms. The van der Waals surface area contributed by atoms with Crippen molar-refractivity contribution in [2.24, 2.45) is 0 Å². The van der Waals surface area contributed by atoms with Crippen molar-refractivity contribution in [2.45, 2.75) is 26.2 Å². The molecule has 0 fully saturated rings. The van der Waals surface area contributed by atoms with Gasteiger partial charge in [-0.25, -0.2) is 0 Å². The van der Waals surface area contributed by atoms with Gasteiger partial charge < -0.3 is 46.7 Å². The summed E-state index contributed by atoms with van der Waals surface area (Å²) in [5.41, 5.74) is 4.46. The van der Waals surface area contributed by atoms with Crippen molar-refractivity contribution >= 4 is 26.7 Å². The molecule has 0 atom stereocenters. The molecule has 0 bridgehead atoms. The van der Waals surface area contributed by atoms with E-state index in [0.717, 1.165) is 0 Å². The Bertz CT molecular complexity index is 587. The molecule has 3 rings (SSSR count). The Morgan fingerprint density at radius 1 is 1.04 bits per heavy atom. The number of ether oxygens (including phenoxy) is 2. The predicted octanol–water partition coefficient (Wildman–Crippen LogP) is -4.59. The maximum absolute atomic E-state index is 4.66. The molecule has 2 aromatic rings. The second kappa shape index (κ2) is 15.1. The van der Waals surface area contributed by atoms with Crippen LogP contribution in [0.2, 0.25) is 0 Å². The molecule has 0 amide bonds. The second-order valence-corrected chi connectivity index (χ2v) is 6.00. The molecule has 0 aromatic heterocycles. The van der Waals surface area contributed by atoms with Crippen molar-refractivity contribution in [1.29, 1.82) is 0 Å². The van der Waals surface area contributed by atoms with Gasteiger partial charge in [-0.15, -0.1) is 28.5 Å². The minimum atomic E-state index is 0. The number of hydrogen-bond donors (Lipinski definition) is 0. The van der Waals surface area contributed by atoms with Gasteiger partial charge >= 0.3 is 26.2 Å². The number of rotatable bonds is 3. The van der Waals surface area contributed by atoms with E-state index in [0.29, 0.717) is 13.2 Å². The van der Waals surface area contributed by atoms with Crippen LogP contribution in [0.15, 0.2) is 22.7 Å². The fourth-order valence-corrected chi connectivity index (χ4v) is 3.48. The summed E-state index contributed by atoms with van der Waals surface area (Å²) in [6.07, 6.45) is 3.82. The maximum Gasteiger partial charge on any atom is 4.00 e. The van der Waals surface area contributed by atoms with Gasteiger partial charge in [0.05, 0.1) is 13.2 Å². The van der Waals surface area contributed by atoms with Crippen molar-refractivity contribution in [3.05, 3.63) is 39.4 Å². The first-order valence-corrected chi connectivity index (χ1v) is 7.81. The van der Waals surface area contributed by atoms with E-state index < -0.39 is 0 Å². The van der Waals surface area contributed by atoms with Gasteiger partial charge in [0.2, 0.25) is 0 Å². The summed E-state index contributed by atoms with van der Waals surface area (Å²) < 4.78 is 10.7. The molecule has 0 saturated heterocycles. The normalized spacial score (nSPS) is 11.0. The molecular weight excluding hydrogens is 514 g/mol. The molecule has 0 unspecified atom stereocenters. The van der Waals surface area contributed by atoms with E-state index in [1.54, 1.807) is 25.3 Å². The number of benzene rings is 1. The van der Waals surface area contributed by atoms with Crippen molar-refractivity contribution < 1.29 is 72.9 Å². The Balaban J connectivity index is -0.000000394. The number of halogens is 4. The largest absolute Gasteiger partial charge is 4.00 e. The van der Waals surface area contributed by atoms with Gasteiger partial charge in [-0.3, -0.25) is 0 Å². The Morgan fingerprint density at radius 2 is 1.62 bits per heavy atom. The summed E-state index contributed by atoms with van der Waals surface area (Å²) in [5.74, 6) is 0. The van der Waals surface area contributed by atoms with Gasteiger partial charge in [0.25, 0.3) is 0 Å². The summed E-state index contributed by atoms with van der Waals surface area (Å²) in [4.78, 5) is 0. The molecule has 1 aliphatic rings. The van der Waals surface area contributed by atoms with Crippen LogP contribution in [-0.4, -0.2) is 27.4 Å². The molecule has 7 heteroatoms. The SMILES string of the molecule is COCCOC.Cc1cc2c(Br)c3c(cc2[cH-]1)CCC3.[Cl-].[Cl-].[Cl-].[Zr+4]. The van der Waals surface area contributed by atoms with Crippen LogP contribution in [-0.2, 0) is 48.5 Å². The average molecular weight is 536 g/mol. The zero-order valence-corrected chi connectivity index (χ0v) is 20.4. The molecule has 2 nitrogen and oxygen atoms in total. The molecule has 134 valence electrons. The van der Waals surface area contributed by atoms with E-state index in [-0.39, 0.29) is 63.4 Å². The Morgan fingerprint density at radius 3 is 2.17 bits per heavy atom. The number of methoxy groups -OCH3 is 2. The van der Waals surface area contributed by atoms with Gasteiger partial charge in [-0.05, 0) is 29.3 Å². The first kappa shape index (κ1) is 29.7. The summed E-state index contributed by atoms with van der Waals surface area (Å²) in [6, 6.07) is 6.92. The smallest absolute Gasteiger partial charge is 1.00 e. The van der Waals surface area contributed by atoms with Crippen LogP contribution in [0.25, 0.3) is 10.8 Å². The van der Waals surface area contributed by atoms with Crippen LogP contribution in [0.3, 0.4) is 0 Å². The number of hydrogen-bond acceptors (Lipinski definition) is 2. The number of fused-ring (bicyclic) bond motifs is 2. The molecule has 0 N–H and O–H groups in total. The number of aryl methyl sites for hydroxylation is 2. The Kier molecular flexibility index (Phi) is 18.7. The zero-order chi connectivity index (χ0) is 14.5. The van der Waals surface area contributed by atoms with E-state index in [9.17, 15) is 0 Å². The van der Waals surface area contributed by atoms with Crippen molar-refractivity contribution in [3.8, 4) is 0 Å². The maximum atomic E-state index is 4.66. The van der Waals surface area contributed by atoms with Crippen LogP contribution in [0.5, 0.6) is 0 Å². The van der Waals surface area contributed by atoms with Crippen molar-refractivity contribution in [1.82, 2.24) is 0 Å². The summed E-state index contributed by atoms with van der Waals surface area (Å²) in [6.45, 7) is 3.55. The van der Waals surface area contributed by atoms with E-state index in [4.69, 9.17) is 0 Å². The fourth-order valence-electron chi connectivity index (χ4n) is 2.68. The van der Waals surface area contributed by atoms with Gasteiger partial charge in [-0.1, -0.05) is 28.4 Å². The van der Waals surface area contributed by atoms with Crippen LogP contribution in [0, 0.1) is 6.92 Å². The second-order valence-electron chi connectivity index (χ2n) is 5.20. The Hall–Kier alpha value is 0.983. The van der Waals surface area contributed by atoms with Crippen LogP contribution in [0.4, 0.5) is 0 Å². The molecular formula is C17H22BrCl3O2Zr. The molecule has 0 saturated carbocycles. The third-order valence-corrected chi connectivity index (χ3v) is 4.56. The Labute approximate surface area is 191 Å². The van der Waals surface area contributed by atoms with Crippen LogP contribution in [0.1, 0.15) is 23.1 Å². The van der Waals surface area contributed by atoms with Crippen molar-refractivity contribution in [3.63, 3.8) is 0 Å². The monoisotopic (exact) mass is 532 g/mol. The van der Waals surface area contributed by atoms with Gasteiger partial charge in [0.1, 0.15) is 0 Å². The van der Waals surface area contributed by atoms with Crippen LogP contribution < -0.4 is 37.2 Å². The van der Waals surface area contributed by atoms with E-state index in [1.165, 1.54) is 40.1 Å². The molecule has 2 aromatic carbocycles. The minimum Gasteiger partial charge on any atom is -1.00 e. The molecule has 0 radical (unpaired) electrons. The first-order valence-electron chi connectivity index (χ1n) is 7.02. The molecule has 1 aliphatic carbocycles. The topological polar surface area (TPSA) is 18.5 Å². The quantitative estimate of drug-likeness (QED) is 0.291. The average Bonchev–Trinajstić information content (AvgIpc) is 3.03. The third kappa shape index (κ3) is 7.70. The van der Waals surface area contributed by atoms with Gasteiger partial charge in [0.15, 0.2) is 0 Å². The molecule has 0 heterocycles. The molecule has 24 heavy (non-hydrogen) atoms.